The van der Waals surface area contributed by atoms with Crippen molar-refractivity contribution in [3.8, 4) is 0 Å². The molecule has 2 aromatic heterocycles. The Morgan fingerprint density at radius 1 is 0.893 bits per heavy atom. The summed E-state index contributed by atoms with van der Waals surface area (Å²) < 4.78 is 1.96. The molecule has 0 unspecified atom stereocenters. The van der Waals surface area contributed by atoms with E-state index in [1.54, 1.807) is 12.1 Å². The van der Waals surface area contributed by atoms with Gasteiger partial charge in [-0.3, -0.25) is 4.79 Å². The number of nitrogens with zero attached hydrogens (tertiary/aromatic N) is 4. The molecule has 1 amide bonds. The highest BCUT2D eigenvalue weighted by molar-refractivity contribution is 5.97. The molecule has 2 aromatic carbocycles. The van der Waals surface area contributed by atoms with Crippen LogP contribution in [0.25, 0.3) is 11.0 Å². The van der Waals surface area contributed by atoms with E-state index in [0.29, 0.717) is 23.1 Å². The first-order valence-corrected chi connectivity index (χ1v) is 9.13. The van der Waals surface area contributed by atoms with Crippen LogP contribution in [0.1, 0.15) is 27.3 Å². The van der Waals surface area contributed by atoms with Crippen molar-refractivity contribution in [2.75, 3.05) is 0 Å². The first-order valence-electron chi connectivity index (χ1n) is 9.13. The van der Waals surface area contributed by atoms with E-state index in [-0.39, 0.29) is 5.91 Å². The number of pyridine rings is 1. The normalized spacial score (nSPS) is 11.7. The summed E-state index contributed by atoms with van der Waals surface area (Å²) in [6, 6.07) is 21.1. The van der Waals surface area contributed by atoms with Gasteiger partial charge in [-0.2, -0.15) is 4.99 Å². The quantitative estimate of drug-likeness (QED) is 0.552. The molecule has 0 N–H and O–H groups in total. The van der Waals surface area contributed by atoms with Crippen LogP contribution < -0.4 is 5.49 Å². The number of hydrogen-bond donors (Lipinski definition) is 0. The zero-order valence-corrected chi connectivity index (χ0v) is 15.8. The monoisotopic (exact) mass is 368 g/mol. The molecule has 0 spiro atoms. The zero-order chi connectivity index (χ0) is 19.5. The Balaban J connectivity index is 1.70. The maximum atomic E-state index is 12.8. The highest BCUT2D eigenvalue weighted by Crippen LogP contribution is 2.15. The molecule has 0 aliphatic heterocycles. The fourth-order valence-corrected chi connectivity index (χ4v) is 3.01. The average Bonchev–Trinajstić information content (AvgIpc) is 2.71. The van der Waals surface area contributed by atoms with Crippen LogP contribution in [-0.4, -0.2) is 20.4 Å². The Morgan fingerprint density at radius 3 is 2.39 bits per heavy atom. The van der Waals surface area contributed by atoms with Gasteiger partial charge in [0.15, 0.2) is 0 Å². The summed E-state index contributed by atoms with van der Waals surface area (Å²) in [5.41, 5.74) is 5.49. The largest absolute Gasteiger partial charge is 0.328 e. The lowest BCUT2D eigenvalue weighted by atomic mass is 10.1. The molecule has 28 heavy (non-hydrogen) atoms. The van der Waals surface area contributed by atoms with Gasteiger partial charge in [0.2, 0.25) is 0 Å². The number of amides is 1. The van der Waals surface area contributed by atoms with Gasteiger partial charge in [0, 0.05) is 18.3 Å². The average molecular weight is 368 g/mol. The Bertz CT molecular complexity index is 1230. The third-order valence-corrected chi connectivity index (χ3v) is 4.65. The number of benzene rings is 2. The molecule has 0 aliphatic rings. The summed E-state index contributed by atoms with van der Waals surface area (Å²) in [7, 11) is 0. The summed E-state index contributed by atoms with van der Waals surface area (Å²) in [4.78, 5) is 26.2. The van der Waals surface area contributed by atoms with Crippen molar-refractivity contribution >= 4 is 16.9 Å². The second-order valence-electron chi connectivity index (χ2n) is 6.69. The van der Waals surface area contributed by atoms with Crippen LogP contribution in [0.15, 0.2) is 77.9 Å². The van der Waals surface area contributed by atoms with Gasteiger partial charge in [0.1, 0.15) is 5.49 Å². The van der Waals surface area contributed by atoms with Crippen molar-refractivity contribution in [2.45, 2.75) is 20.4 Å². The minimum atomic E-state index is -0.296. The highest BCUT2D eigenvalue weighted by Gasteiger charge is 2.08. The number of carbonyl (C=O) groups is 1. The minimum Gasteiger partial charge on any atom is -0.328 e. The molecule has 0 aliphatic carbocycles. The van der Waals surface area contributed by atoms with E-state index in [4.69, 9.17) is 0 Å². The first-order chi connectivity index (χ1) is 13.6. The summed E-state index contributed by atoms with van der Waals surface area (Å²) in [5, 5.41) is 0. The molecule has 2 heterocycles. The lowest BCUT2D eigenvalue weighted by molar-refractivity contribution is 0.0997. The van der Waals surface area contributed by atoms with Crippen LogP contribution in [-0.2, 0) is 6.54 Å². The van der Waals surface area contributed by atoms with Gasteiger partial charge >= 0.3 is 0 Å². The fraction of sp³-hybridized carbons (Fsp3) is 0.130. The van der Waals surface area contributed by atoms with E-state index in [2.05, 4.69) is 27.1 Å². The Kier molecular flexibility index (Phi) is 4.81. The van der Waals surface area contributed by atoms with E-state index >= 15 is 0 Å². The molecule has 0 saturated carbocycles. The maximum absolute atomic E-state index is 12.8. The van der Waals surface area contributed by atoms with Gasteiger partial charge in [0.05, 0.1) is 22.4 Å². The van der Waals surface area contributed by atoms with Gasteiger partial charge in [-0.05, 0) is 49.7 Å². The van der Waals surface area contributed by atoms with Crippen LogP contribution in [0, 0.1) is 13.8 Å². The number of fused-ring (bicyclic) bond motifs is 1. The maximum Gasteiger partial charge on any atom is 0.279 e. The van der Waals surface area contributed by atoms with Crippen molar-refractivity contribution in [3.63, 3.8) is 0 Å². The molecule has 5 heteroatoms. The van der Waals surface area contributed by atoms with E-state index in [1.165, 1.54) is 0 Å². The van der Waals surface area contributed by atoms with Crippen molar-refractivity contribution in [3.05, 3.63) is 101 Å². The SMILES string of the molecule is Cc1nc2ccc(C(=O)N=c3ccccn3Cc3ccccc3)cc2nc1C. The van der Waals surface area contributed by atoms with Crippen LogP contribution >= 0.6 is 0 Å². The van der Waals surface area contributed by atoms with E-state index in [0.717, 1.165) is 22.5 Å². The zero-order valence-electron chi connectivity index (χ0n) is 15.8. The molecular weight excluding hydrogens is 348 g/mol. The molecule has 0 radical (unpaired) electrons. The van der Waals surface area contributed by atoms with E-state index in [9.17, 15) is 4.79 Å². The number of rotatable bonds is 3. The summed E-state index contributed by atoms with van der Waals surface area (Å²) in [6.07, 6.45) is 1.93. The van der Waals surface area contributed by atoms with E-state index in [1.807, 2.05) is 67.1 Å². The van der Waals surface area contributed by atoms with Crippen LogP contribution in [0.2, 0.25) is 0 Å². The lowest BCUT2D eigenvalue weighted by Gasteiger charge is -2.07. The van der Waals surface area contributed by atoms with Crippen LogP contribution in [0.3, 0.4) is 0 Å². The van der Waals surface area contributed by atoms with Crippen LogP contribution in [0.5, 0.6) is 0 Å². The standard InChI is InChI=1S/C23H20N4O/c1-16-17(2)25-21-14-19(11-12-20(21)24-16)23(28)26-22-10-6-7-13-27(22)15-18-8-4-3-5-9-18/h3-14H,15H2,1-2H3. The van der Waals surface area contributed by atoms with E-state index < -0.39 is 0 Å². The Labute approximate surface area is 163 Å². The Hall–Kier alpha value is -3.60. The Morgan fingerprint density at radius 2 is 1.61 bits per heavy atom. The minimum absolute atomic E-state index is 0.296. The number of aromatic nitrogens is 3. The number of hydrogen-bond acceptors (Lipinski definition) is 3. The molecule has 4 aromatic rings. The van der Waals surface area contributed by atoms with Crippen molar-refractivity contribution < 1.29 is 4.79 Å². The molecule has 4 rings (SSSR count). The molecular formula is C23H20N4O. The fourth-order valence-electron chi connectivity index (χ4n) is 3.01. The third kappa shape index (κ3) is 3.74. The predicted molar refractivity (Wildman–Crippen MR) is 109 cm³/mol. The number of aryl methyl sites for hydroxylation is 2. The van der Waals surface area contributed by atoms with Crippen molar-refractivity contribution in [2.24, 2.45) is 4.99 Å². The first kappa shape index (κ1) is 17.8. The summed E-state index contributed by atoms with van der Waals surface area (Å²) in [5.74, 6) is -0.296. The van der Waals surface area contributed by atoms with Crippen molar-refractivity contribution in [1.82, 2.24) is 14.5 Å². The molecule has 0 fully saturated rings. The highest BCUT2D eigenvalue weighted by atomic mass is 16.1. The lowest BCUT2D eigenvalue weighted by Crippen LogP contribution is -2.22. The van der Waals surface area contributed by atoms with Gasteiger partial charge in [-0.25, -0.2) is 9.97 Å². The molecule has 0 bridgehead atoms. The topological polar surface area (TPSA) is 60.1 Å². The molecule has 5 nitrogen and oxygen atoms in total. The summed E-state index contributed by atoms with van der Waals surface area (Å²) >= 11 is 0. The predicted octanol–water partition coefficient (Wildman–Crippen LogP) is 3.84. The van der Waals surface area contributed by atoms with Gasteiger partial charge in [-0.15, -0.1) is 0 Å². The van der Waals surface area contributed by atoms with Crippen molar-refractivity contribution in [1.29, 1.82) is 0 Å². The second-order valence-corrected chi connectivity index (χ2v) is 6.69. The van der Waals surface area contributed by atoms with Gasteiger partial charge in [-0.1, -0.05) is 36.4 Å². The van der Waals surface area contributed by atoms with Crippen LogP contribution in [0.4, 0.5) is 0 Å². The molecule has 0 atom stereocenters. The molecule has 138 valence electrons. The van der Waals surface area contributed by atoms with Gasteiger partial charge in [0.25, 0.3) is 5.91 Å². The molecule has 0 saturated heterocycles. The second kappa shape index (κ2) is 7.56. The van der Waals surface area contributed by atoms with Gasteiger partial charge < -0.3 is 4.57 Å². The smallest absolute Gasteiger partial charge is 0.279 e. The third-order valence-electron chi connectivity index (χ3n) is 4.65. The summed E-state index contributed by atoms with van der Waals surface area (Å²) in [6.45, 7) is 4.49. The number of carbonyl (C=O) groups excluding carboxylic acids is 1.